The number of methoxy groups -OCH3 is 1. The van der Waals surface area contributed by atoms with Gasteiger partial charge in [-0.1, -0.05) is 35.9 Å². The van der Waals surface area contributed by atoms with Gasteiger partial charge in [0.15, 0.2) is 11.5 Å². The maximum Gasteiger partial charge on any atom is 0.343 e. The van der Waals surface area contributed by atoms with Crippen molar-refractivity contribution >= 4 is 35.0 Å². The molecule has 1 aliphatic rings. The van der Waals surface area contributed by atoms with E-state index in [0.717, 1.165) is 22.2 Å². The standard InChI is InChI=1S/C26H20FNO5S/c1-16-3-8-19(9-4-16)25(30)33-22-13-18(7-12-21(22)32-2)14-23-24(29)28(26(31)34-23)15-17-5-10-20(27)11-6-17/h3-14H,15H2,1-2H3/b23-14-. The molecule has 0 aliphatic carbocycles. The average molecular weight is 478 g/mol. The quantitative estimate of drug-likeness (QED) is 0.262. The lowest BCUT2D eigenvalue weighted by Crippen LogP contribution is -2.27. The van der Waals surface area contributed by atoms with Gasteiger partial charge in [0.1, 0.15) is 5.82 Å². The summed E-state index contributed by atoms with van der Waals surface area (Å²) in [6.07, 6.45) is 1.55. The number of imide groups is 1. The van der Waals surface area contributed by atoms with Crippen LogP contribution in [0.3, 0.4) is 0 Å². The van der Waals surface area contributed by atoms with Crippen LogP contribution in [-0.2, 0) is 11.3 Å². The number of nitrogens with zero attached hydrogens (tertiary/aromatic N) is 1. The predicted octanol–water partition coefficient (Wildman–Crippen LogP) is 5.60. The Balaban J connectivity index is 1.54. The van der Waals surface area contributed by atoms with Crippen molar-refractivity contribution in [3.63, 3.8) is 0 Å². The van der Waals surface area contributed by atoms with E-state index in [9.17, 15) is 18.8 Å². The van der Waals surface area contributed by atoms with Gasteiger partial charge >= 0.3 is 5.97 Å². The minimum atomic E-state index is -0.546. The van der Waals surface area contributed by atoms with Crippen LogP contribution >= 0.6 is 11.8 Å². The van der Waals surface area contributed by atoms with Crippen molar-refractivity contribution in [3.8, 4) is 11.5 Å². The van der Waals surface area contributed by atoms with Gasteiger partial charge in [-0.05, 0) is 72.3 Å². The van der Waals surface area contributed by atoms with E-state index in [1.54, 1.807) is 36.4 Å². The number of hydrogen-bond donors (Lipinski definition) is 0. The first-order valence-electron chi connectivity index (χ1n) is 10.3. The summed E-state index contributed by atoms with van der Waals surface area (Å²) in [4.78, 5) is 39.1. The van der Waals surface area contributed by atoms with Gasteiger partial charge in [-0.15, -0.1) is 0 Å². The summed E-state index contributed by atoms with van der Waals surface area (Å²) in [6, 6.07) is 17.5. The number of amides is 2. The van der Waals surface area contributed by atoms with Gasteiger partial charge in [0.05, 0.1) is 24.1 Å². The zero-order valence-corrected chi connectivity index (χ0v) is 19.2. The molecule has 1 heterocycles. The fraction of sp³-hybridized carbons (Fsp3) is 0.115. The lowest BCUT2D eigenvalue weighted by atomic mass is 10.1. The minimum Gasteiger partial charge on any atom is -0.493 e. The van der Waals surface area contributed by atoms with Crippen LogP contribution in [0.1, 0.15) is 27.0 Å². The summed E-state index contributed by atoms with van der Waals surface area (Å²) in [6.45, 7) is 1.97. The Labute approximate surface area is 200 Å². The molecule has 3 aromatic carbocycles. The first-order chi connectivity index (χ1) is 16.3. The number of carbonyl (C=O) groups excluding carboxylic acids is 3. The minimum absolute atomic E-state index is 0.0459. The van der Waals surface area contributed by atoms with E-state index in [1.165, 1.54) is 31.4 Å². The molecule has 6 nitrogen and oxygen atoms in total. The largest absolute Gasteiger partial charge is 0.493 e. The molecule has 0 N–H and O–H groups in total. The third-order valence-corrected chi connectivity index (χ3v) is 6.01. The number of esters is 1. The number of ether oxygens (including phenoxy) is 2. The number of halogens is 1. The molecule has 4 rings (SSSR count). The molecule has 0 saturated carbocycles. The Bertz CT molecular complexity index is 1290. The lowest BCUT2D eigenvalue weighted by molar-refractivity contribution is -0.123. The second kappa shape index (κ2) is 9.93. The molecule has 0 aromatic heterocycles. The van der Waals surface area contributed by atoms with E-state index in [2.05, 4.69) is 0 Å². The van der Waals surface area contributed by atoms with Crippen LogP contribution < -0.4 is 9.47 Å². The molecule has 0 bridgehead atoms. The van der Waals surface area contributed by atoms with E-state index in [4.69, 9.17) is 9.47 Å². The number of thioether (sulfide) groups is 1. The van der Waals surface area contributed by atoms with Crippen LogP contribution in [0.4, 0.5) is 9.18 Å². The molecular weight excluding hydrogens is 457 g/mol. The molecule has 0 radical (unpaired) electrons. The Morgan fingerprint density at radius 1 is 1.00 bits per heavy atom. The van der Waals surface area contributed by atoms with Crippen molar-refractivity contribution in [2.24, 2.45) is 0 Å². The molecule has 1 fully saturated rings. The zero-order valence-electron chi connectivity index (χ0n) is 18.4. The monoisotopic (exact) mass is 477 g/mol. The normalized spacial score (nSPS) is 14.6. The van der Waals surface area contributed by atoms with Gasteiger partial charge in [0.25, 0.3) is 11.1 Å². The molecule has 8 heteroatoms. The first kappa shape index (κ1) is 23.3. The second-order valence-corrected chi connectivity index (χ2v) is 8.55. The number of hydrogen-bond acceptors (Lipinski definition) is 6. The molecule has 0 spiro atoms. The Kier molecular flexibility index (Phi) is 6.79. The highest BCUT2D eigenvalue weighted by atomic mass is 32.2. The fourth-order valence-corrected chi connectivity index (χ4v) is 4.11. The van der Waals surface area contributed by atoms with Crippen molar-refractivity contribution in [2.75, 3.05) is 7.11 Å². The van der Waals surface area contributed by atoms with E-state index in [0.29, 0.717) is 22.4 Å². The van der Waals surface area contributed by atoms with Gasteiger partial charge in [-0.25, -0.2) is 9.18 Å². The number of carbonyl (C=O) groups is 3. The van der Waals surface area contributed by atoms with E-state index in [-0.39, 0.29) is 17.2 Å². The fourth-order valence-electron chi connectivity index (χ4n) is 3.27. The summed E-state index contributed by atoms with van der Waals surface area (Å²) < 4.78 is 24.0. The van der Waals surface area contributed by atoms with Crippen molar-refractivity contribution in [3.05, 3.63) is 99.7 Å². The van der Waals surface area contributed by atoms with Crippen molar-refractivity contribution < 1.29 is 28.2 Å². The summed E-state index contributed by atoms with van der Waals surface area (Å²) in [5, 5.41) is -0.417. The van der Waals surface area contributed by atoms with Gasteiger partial charge in [-0.2, -0.15) is 0 Å². The van der Waals surface area contributed by atoms with Crippen LogP contribution in [-0.4, -0.2) is 29.1 Å². The molecular formula is C26H20FNO5S. The molecule has 2 amide bonds. The maximum absolute atomic E-state index is 13.1. The Morgan fingerprint density at radius 2 is 1.71 bits per heavy atom. The first-order valence-corrected chi connectivity index (χ1v) is 11.1. The van der Waals surface area contributed by atoms with Crippen LogP contribution in [0.25, 0.3) is 6.08 Å². The van der Waals surface area contributed by atoms with Crippen LogP contribution in [0.15, 0.2) is 71.6 Å². The maximum atomic E-state index is 13.1. The van der Waals surface area contributed by atoms with Crippen molar-refractivity contribution in [1.29, 1.82) is 0 Å². The third kappa shape index (κ3) is 5.18. The van der Waals surface area contributed by atoms with E-state index >= 15 is 0 Å². The molecule has 0 unspecified atom stereocenters. The number of aryl methyl sites for hydroxylation is 1. The topological polar surface area (TPSA) is 72.9 Å². The molecule has 3 aromatic rings. The zero-order chi connectivity index (χ0) is 24.2. The highest BCUT2D eigenvalue weighted by Gasteiger charge is 2.35. The van der Waals surface area contributed by atoms with Crippen LogP contribution in [0.2, 0.25) is 0 Å². The number of benzene rings is 3. The van der Waals surface area contributed by atoms with Gasteiger partial charge < -0.3 is 9.47 Å². The van der Waals surface area contributed by atoms with Crippen LogP contribution in [0.5, 0.6) is 11.5 Å². The van der Waals surface area contributed by atoms with Crippen molar-refractivity contribution in [1.82, 2.24) is 4.90 Å². The molecule has 172 valence electrons. The highest BCUT2D eigenvalue weighted by Crippen LogP contribution is 2.35. The summed E-state index contributed by atoms with van der Waals surface area (Å²) in [5.41, 5.74) is 2.60. The Morgan fingerprint density at radius 3 is 2.38 bits per heavy atom. The smallest absolute Gasteiger partial charge is 0.343 e. The van der Waals surface area contributed by atoms with Crippen LogP contribution in [0, 0.1) is 12.7 Å². The van der Waals surface area contributed by atoms with E-state index < -0.39 is 22.9 Å². The highest BCUT2D eigenvalue weighted by molar-refractivity contribution is 8.18. The van der Waals surface area contributed by atoms with Crippen molar-refractivity contribution in [2.45, 2.75) is 13.5 Å². The molecule has 0 atom stereocenters. The SMILES string of the molecule is COc1ccc(/C=C2\SC(=O)N(Cc3ccc(F)cc3)C2=O)cc1OC(=O)c1ccc(C)cc1. The van der Waals surface area contributed by atoms with Gasteiger partial charge in [0.2, 0.25) is 0 Å². The summed E-state index contributed by atoms with van der Waals surface area (Å²) >= 11 is 0.812. The predicted molar refractivity (Wildman–Crippen MR) is 127 cm³/mol. The Hall–Kier alpha value is -3.91. The molecule has 1 saturated heterocycles. The molecule has 1 aliphatic heterocycles. The summed E-state index contributed by atoms with van der Waals surface area (Å²) in [5.74, 6) is -0.853. The van der Waals surface area contributed by atoms with Gasteiger partial charge in [0, 0.05) is 0 Å². The summed E-state index contributed by atoms with van der Waals surface area (Å²) in [7, 11) is 1.46. The molecule has 34 heavy (non-hydrogen) atoms. The van der Waals surface area contributed by atoms with Gasteiger partial charge in [-0.3, -0.25) is 14.5 Å². The number of rotatable bonds is 6. The third-order valence-electron chi connectivity index (χ3n) is 5.10. The average Bonchev–Trinajstić information content (AvgIpc) is 3.08. The second-order valence-electron chi connectivity index (χ2n) is 7.56. The van der Waals surface area contributed by atoms with E-state index in [1.807, 2.05) is 19.1 Å². The lowest BCUT2D eigenvalue weighted by Gasteiger charge is -2.12.